The van der Waals surface area contributed by atoms with Gasteiger partial charge in [0.25, 0.3) is 0 Å². The van der Waals surface area contributed by atoms with Crippen LogP contribution in [0.3, 0.4) is 0 Å². The van der Waals surface area contributed by atoms with Crippen LogP contribution in [-0.4, -0.2) is 36.5 Å². The first-order chi connectivity index (χ1) is 6.18. The predicted molar refractivity (Wildman–Crippen MR) is 51.3 cm³/mol. The average Bonchev–Trinajstić information content (AvgIpc) is 2.12. The van der Waals surface area contributed by atoms with Gasteiger partial charge in [-0.2, -0.15) is 0 Å². The molecule has 1 N–H and O–H groups in total. The fraction of sp³-hybridized carbons (Fsp3) is 0.700. The Morgan fingerprint density at radius 1 is 1.62 bits per heavy atom. The van der Waals surface area contributed by atoms with Gasteiger partial charge in [-0.1, -0.05) is 12.2 Å². The average molecular weight is 180 g/mol. The standard InChI is InChI=1S/C10H16N2O/c1-7-3-4-8-9(5-7)12(2)10(13)6-11-8/h8-9,11H,1,3-6H2,2H3. The van der Waals surface area contributed by atoms with Crippen LogP contribution in [0.4, 0.5) is 0 Å². The van der Waals surface area contributed by atoms with E-state index in [0.29, 0.717) is 18.6 Å². The summed E-state index contributed by atoms with van der Waals surface area (Å²) in [4.78, 5) is 13.3. The summed E-state index contributed by atoms with van der Waals surface area (Å²) in [5, 5.41) is 3.29. The Morgan fingerprint density at radius 2 is 2.38 bits per heavy atom. The van der Waals surface area contributed by atoms with Crippen LogP contribution in [0.1, 0.15) is 19.3 Å². The molecule has 2 unspecified atom stereocenters. The zero-order valence-electron chi connectivity index (χ0n) is 8.05. The minimum absolute atomic E-state index is 0.205. The molecule has 3 heteroatoms. The summed E-state index contributed by atoms with van der Waals surface area (Å²) in [5.74, 6) is 0.205. The van der Waals surface area contributed by atoms with Crippen LogP contribution >= 0.6 is 0 Å². The zero-order chi connectivity index (χ0) is 9.42. The van der Waals surface area contributed by atoms with Crippen molar-refractivity contribution in [1.82, 2.24) is 10.2 Å². The monoisotopic (exact) mass is 180 g/mol. The molecular formula is C10H16N2O. The molecule has 0 radical (unpaired) electrons. The molecule has 1 aliphatic heterocycles. The van der Waals surface area contributed by atoms with Crippen LogP contribution in [0.15, 0.2) is 12.2 Å². The van der Waals surface area contributed by atoms with Gasteiger partial charge in [-0.3, -0.25) is 4.79 Å². The van der Waals surface area contributed by atoms with Gasteiger partial charge in [-0.05, 0) is 19.3 Å². The number of nitrogens with zero attached hydrogens (tertiary/aromatic N) is 1. The minimum Gasteiger partial charge on any atom is -0.340 e. The van der Waals surface area contributed by atoms with Crippen molar-refractivity contribution in [3.8, 4) is 0 Å². The van der Waals surface area contributed by atoms with Gasteiger partial charge in [-0.25, -0.2) is 0 Å². The summed E-state index contributed by atoms with van der Waals surface area (Å²) in [6.45, 7) is 4.50. The number of fused-ring (bicyclic) bond motifs is 1. The smallest absolute Gasteiger partial charge is 0.236 e. The first-order valence-corrected chi connectivity index (χ1v) is 4.84. The second-order valence-corrected chi connectivity index (χ2v) is 4.05. The number of carbonyl (C=O) groups excluding carboxylic acids is 1. The second kappa shape index (κ2) is 3.14. The Bertz CT molecular complexity index is 247. The molecule has 2 fully saturated rings. The number of rotatable bonds is 0. The number of hydrogen-bond acceptors (Lipinski definition) is 2. The SMILES string of the molecule is C=C1CCC2NCC(=O)N(C)C2C1. The molecular weight excluding hydrogens is 164 g/mol. The number of hydrogen-bond donors (Lipinski definition) is 1. The van der Waals surface area contributed by atoms with E-state index in [4.69, 9.17) is 0 Å². The van der Waals surface area contributed by atoms with Crippen molar-refractivity contribution in [2.45, 2.75) is 31.3 Å². The number of piperazine rings is 1. The van der Waals surface area contributed by atoms with Gasteiger partial charge >= 0.3 is 0 Å². The van der Waals surface area contributed by atoms with E-state index in [-0.39, 0.29) is 5.91 Å². The molecule has 2 rings (SSSR count). The van der Waals surface area contributed by atoms with Gasteiger partial charge in [0.2, 0.25) is 5.91 Å². The minimum atomic E-state index is 0.205. The lowest BCUT2D eigenvalue weighted by molar-refractivity contribution is -0.135. The predicted octanol–water partition coefficient (Wildman–Crippen LogP) is 0.525. The van der Waals surface area contributed by atoms with Crippen LogP contribution in [0.2, 0.25) is 0 Å². The molecule has 0 aromatic heterocycles. The van der Waals surface area contributed by atoms with Gasteiger partial charge in [0.1, 0.15) is 0 Å². The Morgan fingerprint density at radius 3 is 3.15 bits per heavy atom. The largest absolute Gasteiger partial charge is 0.340 e. The molecule has 0 aromatic carbocycles. The van der Waals surface area contributed by atoms with Gasteiger partial charge in [0.05, 0.1) is 12.6 Å². The van der Waals surface area contributed by atoms with E-state index >= 15 is 0 Å². The molecule has 2 aliphatic rings. The van der Waals surface area contributed by atoms with Crippen LogP contribution in [0.25, 0.3) is 0 Å². The van der Waals surface area contributed by atoms with Crippen molar-refractivity contribution in [3.05, 3.63) is 12.2 Å². The highest BCUT2D eigenvalue weighted by molar-refractivity contribution is 5.79. The van der Waals surface area contributed by atoms with Crippen LogP contribution < -0.4 is 5.32 Å². The maximum atomic E-state index is 11.4. The highest BCUT2D eigenvalue weighted by atomic mass is 16.2. The first-order valence-electron chi connectivity index (χ1n) is 4.84. The first kappa shape index (κ1) is 8.75. The van der Waals surface area contributed by atoms with Crippen molar-refractivity contribution >= 4 is 5.91 Å². The molecule has 1 aliphatic carbocycles. The highest BCUT2D eigenvalue weighted by Gasteiger charge is 2.35. The van der Waals surface area contributed by atoms with E-state index in [9.17, 15) is 4.79 Å². The highest BCUT2D eigenvalue weighted by Crippen LogP contribution is 2.27. The quantitative estimate of drug-likeness (QED) is 0.551. The van der Waals surface area contributed by atoms with E-state index in [1.54, 1.807) is 0 Å². The Hall–Kier alpha value is -0.830. The molecule has 72 valence electrons. The fourth-order valence-corrected chi connectivity index (χ4v) is 2.27. The van der Waals surface area contributed by atoms with Crippen molar-refractivity contribution in [2.75, 3.05) is 13.6 Å². The molecule has 1 heterocycles. The lowest BCUT2D eigenvalue weighted by Gasteiger charge is -2.43. The normalized spacial score (nSPS) is 34.7. The van der Waals surface area contributed by atoms with Crippen LogP contribution in [0, 0.1) is 0 Å². The lowest BCUT2D eigenvalue weighted by atomic mass is 9.85. The third-order valence-electron chi connectivity index (χ3n) is 3.18. The summed E-state index contributed by atoms with van der Waals surface area (Å²) < 4.78 is 0. The van der Waals surface area contributed by atoms with E-state index in [2.05, 4.69) is 11.9 Å². The number of amides is 1. The van der Waals surface area contributed by atoms with Gasteiger partial charge in [0, 0.05) is 13.1 Å². The van der Waals surface area contributed by atoms with E-state index < -0.39 is 0 Å². The molecule has 0 aromatic rings. The van der Waals surface area contributed by atoms with Gasteiger partial charge in [0.15, 0.2) is 0 Å². The molecule has 3 nitrogen and oxygen atoms in total. The molecule has 2 atom stereocenters. The third-order valence-corrected chi connectivity index (χ3v) is 3.18. The second-order valence-electron chi connectivity index (χ2n) is 4.05. The van der Waals surface area contributed by atoms with Crippen molar-refractivity contribution in [2.24, 2.45) is 0 Å². The Kier molecular flexibility index (Phi) is 2.12. The summed E-state index contributed by atoms with van der Waals surface area (Å²) in [6.07, 6.45) is 3.21. The maximum Gasteiger partial charge on any atom is 0.236 e. The molecule has 13 heavy (non-hydrogen) atoms. The topological polar surface area (TPSA) is 32.3 Å². The van der Waals surface area contributed by atoms with Crippen LogP contribution in [-0.2, 0) is 4.79 Å². The van der Waals surface area contributed by atoms with Crippen molar-refractivity contribution in [3.63, 3.8) is 0 Å². The summed E-state index contributed by atoms with van der Waals surface area (Å²) in [7, 11) is 1.90. The number of nitrogens with one attached hydrogen (secondary N) is 1. The lowest BCUT2D eigenvalue weighted by Crippen LogP contribution is -2.60. The van der Waals surface area contributed by atoms with Crippen molar-refractivity contribution < 1.29 is 4.79 Å². The van der Waals surface area contributed by atoms with Crippen LogP contribution in [0.5, 0.6) is 0 Å². The Labute approximate surface area is 78.8 Å². The van der Waals surface area contributed by atoms with E-state index in [1.165, 1.54) is 5.57 Å². The summed E-state index contributed by atoms with van der Waals surface area (Å²) in [5.41, 5.74) is 1.28. The maximum absolute atomic E-state index is 11.4. The number of carbonyl (C=O) groups is 1. The van der Waals surface area contributed by atoms with Gasteiger partial charge in [-0.15, -0.1) is 0 Å². The number of likely N-dealkylation sites (N-methyl/N-ethyl adjacent to an activating group) is 1. The zero-order valence-corrected chi connectivity index (χ0v) is 8.05. The summed E-state index contributed by atoms with van der Waals surface area (Å²) >= 11 is 0. The Balaban J connectivity index is 2.12. The molecule has 1 saturated heterocycles. The molecule has 0 spiro atoms. The molecule has 1 saturated carbocycles. The van der Waals surface area contributed by atoms with Gasteiger partial charge < -0.3 is 10.2 Å². The third kappa shape index (κ3) is 1.48. The fourth-order valence-electron chi connectivity index (χ4n) is 2.27. The van der Waals surface area contributed by atoms with Crippen molar-refractivity contribution in [1.29, 1.82) is 0 Å². The summed E-state index contributed by atoms with van der Waals surface area (Å²) in [6, 6.07) is 0.843. The molecule has 0 bridgehead atoms. The van der Waals surface area contributed by atoms with E-state index in [0.717, 1.165) is 19.3 Å². The molecule has 1 amide bonds. The van der Waals surface area contributed by atoms with E-state index in [1.807, 2.05) is 11.9 Å².